The predicted molar refractivity (Wildman–Crippen MR) is 78.8 cm³/mol. The van der Waals surface area contributed by atoms with E-state index in [1.165, 1.54) is 18.9 Å². The summed E-state index contributed by atoms with van der Waals surface area (Å²) in [5, 5.41) is 0.439. The van der Waals surface area contributed by atoms with Gasteiger partial charge in [0, 0.05) is 6.04 Å². The fraction of sp³-hybridized carbons (Fsp3) is 0.636. The first-order valence-corrected chi connectivity index (χ1v) is 9.34. The number of sulfonamides is 1. The van der Waals surface area contributed by atoms with Crippen LogP contribution in [0.15, 0.2) is 14.1 Å². The van der Waals surface area contributed by atoms with Crippen molar-refractivity contribution in [1.29, 1.82) is 0 Å². The highest BCUT2D eigenvalue weighted by Gasteiger charge is 2.27. The molecule has 0 aromatic carbocycles. The van der Waals surface area contributed by atoms with Gasteiger partial charge in [-0.15, -0.1) is 11.3 Å². The van der Waals surface area contributed by atoms with Crippen LogP contribution in [0.2, 0.25) is 5.02 Å². The van der Waals surface area contributed by atoms with Gasteiger partial charge in [-0.05, 0) is 47.7 Å². The van der Waals surface area contributed by atoms with Crippen LogP contribution in [0.25, 0.3) is 0 Å². The van der Waals surface area contributed by atoms with E-state index in [1.807, 2.05) is 6.92 Å². The molecule has 2 rings (SSSR count). The van der Waals surface area contributed by atoms with Crippen LogP contribution in [-0.2, 0) is 10.0 Å². The Labute approximate surface area is 125 Å². The largest absolute Gasteiger partial charge is 0.250 e. The van der Waals surface area contributed by atoms with E-state index < -0.39 is 10.0 Å². The fourth-order valence-corrected chi connectivity index (χ4v) is 6.04. The third-order valence-electron chi connectivity index (χ3n) is 3.34. The zero-order valence-electron chi connectivity index (χ0n) is 9.95. The second kappa shape index (κ2) is 5.79. The lowest BCUT2D eigenvalue weighted by Gasteiger charge is -2.19. The molecule has 1 aliphatic carbocycles. The van der Waals surface area contributed by atoms with Crippen molar-refractivity contribution >= 4 is 48.9 Å². The molecule has 1 aromatic heterocycles. The highest BCUT2D eigenvalue weighted by atomic mass is 79.9. The van der Waals surface area contributed by atoms with Crippen LogP contribution in [-0.4, -0.2) is 14.5 Å². The van der Waals surface area contributed by atoms with E-state index in [0.29, 0.717) is 14.7 Å². The molecule has 1 unspecified atom stereocenters. The van der Waals surface area contributed by atoms with Gasteiger partial charge in [-0.1, -0.05) is 24.4 Å². The van der Waals surface area contributed by atoms with Gasteiger partial charge in [-0.25, -0.2) is 13.1 Å². The molecule has 1 saturated carbocycles. The Morgan fingerprint density at radius 3 is 2.61 bits per heavy atom. The Morgan fingerprint density at radius 2 is 2.11 bits per heavy atom. The van der Waals surface area contributed by atoms with E-state index in [1.54, 1.807) is 0 Å². The van der Waals surface area contributed by atoms with Gasteiger partial charge in [0.1, 0.15) is 4.21 Å². The maximum Gasteiger partial charge on any atom is 0.250 e. The lowest BCUT2D eigenvalue weighted by atomic mass is 10.0. The summed E-state index contributed by atoms with van der Waals surface area (Å²) in [6, 6.07) is 1.47. The van der Waals surface area contributed by atoms with Crippen molar-refractivity contribution < 1.29 is 8.42 Å². The summed E-state index contributed by atoms with van der Waals surface area (Å²) in [6.07, 6.45) is 4.62. The maximum atomic E-state index is 12.2. The summed E-state index contributed by atoms with van der Waals surface area (Å²) in [5.74, 6) is 0.457. The van der Waals surface area contributed by atoms with Crippen molar-refractivity contribution in [3.63, 3.8) is 0 Å². The first-order chi connectivity index (χ1) is 8.40. The highest BCUT2D eigenvalue weighted by molar-refractivity contribution is 9.11. The Balaban J connectivity index is 2.11. The minimum absolute atomic E-state index is 0.0165. The summed E-state index contributed by atoms with van der Waals surface area (Å²) < 4.78 is 28.0. The van der Waals surface area contributed by atoms with Crippen molar-refractivity contribution in [2.45, 2.75) is 42.9 Å². The third kappa shape index (κ3) is 3.28. The van der Waals surface area contributed by atoms with Crippen molar-refractivity contribution in [2.24, 2.45) is 5.92 Å². The maximum absolute atomic E-state index is 12.2. The van der Waals surface area contributed by atoms with Crippen molar-refractivity contribution in [3.8, 4) is 0 Å². The number of hydrogen-bond acceptors (Lipinski definition) is 3. The zero-order chi connectivity index (χ0) is 13.3. The summed E-state index contributed by atoms with van der Waals surface area (Å²) in [5.41, 5.74) is 0. The minimum Gasteiger partial charge on any atom is -0.207 e. The molecule has 0 bridgehead atoms. The summed E-state index contributed by atoms with van der Waals surface area (Å²) >= 11 is 10.2. The first kappa shape index (κ1) is 14.8. The van der Waals surface area contributed by atoms with Crippen molar-refractivity contribution in [1.82, 2.24) is 4.72 Å². The van der Waals surface area contributed by atoms with Crippen LogP contribution >= 0.6 is 38.9 Å². The van der Waals surface area contributed by atoms with Gasteiger partial charge < -0.3 is 0 Å². The first-order valence-electron chi connectivity index (χ1n) is 5.87. The molecule has 7 heteroatoms. The van der Waals surface area contributed by atoms with Gasteiger partial charge in [0.25, 0.3) is 0 Å². The number of thiophene rings is 1. The van der Waals surface area contributed by atoms with E-state index in [-0.39, 0.29) is 10.3 Å². The predicted octanol–water partition coefficient (Wildman–Crippen LogP) is 4.02. The second-order valence-corrected chi connectivity index (χ2v) is 9.36. The monoisotopic (exact) mass is 371 g/mol. The lowest BCUT2D eigenvalue weighted by molar-refractivity contribution is 0.424. The van der Waals surface area contributed by atoms with Gasteiger partial charge in [0.2, 0.25) is 10.0 Å². The molecule has 0 aliphatic heterocycles. The number of halogens is 2. The van der Waals surface area contributed by atoms with E-state index in [0.717, 1.165) is 24.2 Å². The van der Waals surface area contributed by atoms with Gasteiger partial charge in [-0.2, -0.15) is 0 Å². The zero-order valence-corrected chi connectivity index (χ0v) is 13.9. The smallest absolute Gasteiger partial charge is 0.207 e. The van der Waals surface area contributed by atoms with Gasteiger partial charge >= 0.3 is 0 Å². The van der Waals surface area contributed by atoms with E-state index >= 15 is 0 Å². The Kier molecular flexibility index (Phi) is 4.75. The highest BCUT2D eigenvalue weighted by Crippen LogP contribution is 2.35. The Hall–Kier alpha value is 0.380. The van der Waals surface area contributed by atoms with Crippen LogP contribution in [0.3, 0.4) is 0 Å². The lowest BCUT2D eigenvalue weighted by Crippen LogP contribution is -2.36. The third-order valence-corrected chi connectivity index (χ3v) is 7.84. The molecule has 102 valence electrons. The van der Waals surface area contributed by atoms with E-state index in [2.05, 4.69) is 20.7 Å². The fourth-order valence-electron chi connectivity index (χ4n) is 2.32. The summed E-state index contributed by atoms with van der Waals surface area (Å²) in [6.45, 7) is 1.94. The van der Waals surface area contributed by atoms with Crippen LogP contribution in [0.4, 0.5) is 0 Å². The molecule has 1 N–H and O–H groups in total. The Morgan fingerprint density at radius 1 is 1.50 bits per heavy atom. The molecule has 1 aliphatic rings. The minimum atomic E-state index is -3.44. The van der Waals surface area contributed by atoms with Gasteiger partial charge in [0.05, 0.1) is 8.81 Å². The average Bonchev–Trinajstić information content (AvgIpc) is 2.89. The van der Waals surface area contributed by atoms with Crippen LogP contribution in [0, 0.1) is 5.92 Å². The summed E-state index contributed by atoms with van der Waals surface area (Å²) in [4.78, 5) is 0. The molecule has 3 nitrogen and oxygen atoms in total. The van der Waals surface area contributed by atoms with E-state index in [4.69, 9.17) is 11.6 Å². The molecule has 0 radical (unpaired) electrons. The molecular formula is C11H15BrClNO2S2. The van der Waals surface area contributed by atoms with Crippen LogP contribution in [0.5, 0.6) is 0 Å². The molecule has 0 saturated heterocycles. The van der Waals surface area contributed by atoms with Crippen molar-refractivity contribution in [2.75, 3.05) is 0 Å². The number of hydrogen-bond donors (Lipinski definition) is 1. The number of rotatable bonds is 4. The standard InChI is InChI=1S/C11H15BrClNO2S2/c1-7(8-4-2-3-5-8)14-18(15,16)10-6-9(13)11(12)17-10/h6-8,14H,2-5H2,1H3. The molecule has 1 atom stereocenters. The molecule has 1 fully saturated rings. The van der Waals surface area contributed by atoms with E-state index in [9.17, 15) is 8.42 Å². The quantitative estimate of drug-likeness (QED) is 0.867. The molecule has 0 amide bonds. The second-order valence-electron chi connectivity index (χ2n) is 4.64. The van der Waals surface area contributed by atoms with Crippen molar-refractivity contribution in [3.05, 3.63) is 14.9 Å². The molecule has 0 spiro atoms. The Bertz CT molecular complexity index is 504. The normalized spacial score (nSPS) is 19.3. The van der Waals surface area contributed by atoms with Crippen LogP contribution in [0.1, 0.15) is 32.6 Å². The summed E-state index contributed by atoms with van der Waals surface area (Å²) in [7, 11) is -3.44. The topological polar surface area (TPSA) is 46.2 Å². The average molecular weight is 373 g/mol. The van der Waals surface area contributed by atoms with Gasteiger partial charge in [-0.3, -0.25) is 0 Å². The molecular weight excluding hydrogens is 358 g/mol. The molecule has 1 heterocycles. The number of nitrogens with one attached hydrogen (secondary N) is 1. The molecule has 18 heavy (non-hydrogen) atoms. The van der Waals surface area contributed by atoms with Gasteiger partial charge in [0.15, 0.2) is 0 Å². The SMILES string of the molecule is CC(NS(=O)(=O)c1cc(Cl)c(Br)s1)C1CCCC1. The van der Waals surface area contributed by atoms with Crippen LogP contribution < -0.4 is 4.72 Å². The molecule has 1 aromatic rings.